The maximum absolute atomic E-state index is 13.0. The van der Waals surface area contributed by atoms with Crippen molar-refractivity contribution in [1.82, 2.24) is 14.6 Å². The summed E-state index contributed by atoms with van der Waals surface area (Å²) in [5.74, 6) is 0.00246. The van der Waals surface area contributed by atoms with Crippen LogP contribution in [0.3, 0.4) is 0 Å². The molecule has 1 aliphatic heterocycles. The zero-order valence-electron chi connectivity index (χ0n) is 15.4. The predicted molar refractivity (Wildman–Crippen MR) is 106 cm³/mol. The highest BCUT2D eigenvalue weighted by Crippen LogP contribution is 2.28. The van der Waals surface area contributed by atoms with Gasteiger partial charge in [0.05, 0.1) is 36.2 Å². The van der Waals surface area contributed by atoms with E-state index in [0.717, 1.165) is 22.2 Å². The van der Waals surface area contributed by atoms with Crippen molar-refractivity contribution in [3.05, 3.63) is 59.0 Å². The van der Waals surface area contributed by atoms with Gasteiger partial charge >= 0.3 is 0 Å². The molecule has 1 saturated heterocycles. The van der Waals surface area contributed by atoms with E-state index in [1.165, 1.54) is 0 Å². The van der Waals surface area contributed by atoms with Crippen LogP contribution in [0.5, 0.6) is 0 Å². The Labute approximate surface area is 162 Å². The topological polar surface area (TPSA) is 50.6 Å². The molecule has 0 aliphatic carbocycles. The first-order chi connectivity index (χ1) is 13.1. The molecular formula is C20H21ClN4O2. The number of pyridine rings is 1. The van der Waals surface area contributed by atoms with E-state index in [9.17, 15) is 4.79 Å². The second-order valence-electron chi connectivity index (χ2n) is 6.65. The molecule has 0 unspecified atom stereocenters. The molecule has 6 nitrogen and oxygen atoms in total. The van der Waals surface area contributed by atoms with Crippen LogP contribution in [0.25, 0.3) is 10.9 Å². The first-order valence-corrected chi connectivity index (χ1v) is 9.26. The number of hydrogen-bond acceptors (Lipinski definition) is 4. The van der Waals surface area contributed by atoms with Gasteiger partial charge in [-0.05, 0) is 30.7 Å². The number of morpholine rings is 1. The number of ether oxygens (including phenoxy) is 1. The lowest BCUT2D eigenvalue weighted by molar-refractivity contribution is 0.0304. The Morgan fingerprint density at radius 2 is 2.04 bits per heavy atom. The molecule has 4 rings (SSSR count). The van der Waals surface area contributed by atoms with Crippen LogP contribution in [-0.2, 0) is 4.74 Å². The summed E-state index contributed by atoms with van der Waals surface area (Å²) in [5.41, 5.74) is 3.49. The molecule has 1 fully saturated rings. The number of nitrogens with zero attached hydrogens (tertiary/aromatic N) is 4. The van der Waals surface area contributed by atoms with Crippen LogP contribution in [0.2, 0.25) is 5.02 Å². The van der Waals surface area contributed by atoms with Crippen LogP contribution in [0.1, 0.15) is 15.9 Å². The minimum Gasteiger partial charge on any atom is -0.378 e. The van der Waals surface area contributed by atoms with Crippen LogP contribution < -0.4 is 5.01 Å². The van der Waals surface area contributed by atoms with Crippen molar-refractivity contribution in [3.63, 3.8) is 0 Å². The van der Waals surface area contributed by atoms with E-state index in [-0.39, 0.29) is 5.91 Å². The summed E-state index contributed by atoms with van der Waals surface area (Å²) < 4.78 is 7.36. The molecule has 27 heavy (non-hydrogen) atoms. The molecule has 0 saturated carbocycles. The van der Waals surface area contributed by atoms with Gasteiger partial charge in [0, 0.05) is 42.9 Å². The zero-order chi connectivity index (χ0) is 19.0. The molecule has 0 radical (unpaired) electrons. The van der Waals surface area contributed by atoms with Gasteiger partial charge in [-0.3, -0.25) is 19.5 Å². The van der Waals surface area contributed by atoms with Crippen molar-refractivity contribution in [3.8, 4) is 0 Å². The number of hydrogen-bond donors (Lipinski definition) is 0. The Morgan fingerprint density at radius 1 is 1.26 bits per heavy atom. The fourth-order valence-electron chi connectivity index (χ4n) is 3.50. The van der Waals surface area contributed by atoms with E-state index in [0.29, 0.717) is 36.9 Å². The molecule has 1 aliphatic rings. The smallest absolute Gasteiger partial charge is 0.256 e. The molecular weight excluding hydrogens is 364 g/mol. The van der Waals surface area contributed by atoms with Crippen molar-refractivity contribution in [1.29, 1.82) is 0 Å². The number of halogens is 1. The Morgan fingerprint density at radius 3 is 2.78 bits per heavy atom. The van der Waals surface area contributed by atoms with Gasteiger partial charge < -0.3 is 9.64 Å². The molecule has 0 spiro atoms. The van der Waals surface area contributed by atoms with Crippen molar-refractivity contribution >= 4 is 34.1 Å². The number of carbonyl (C=O) groups excluding carboxylic acids is 1. The number of anilines is 1. The van der Waals surface area contributed by atoms with E-state index in [1.54, 1.807) is 12.4 Å². The average Bonchev–Trinajstić information content (AvgIpc) is 3.04. The van der Waals surface area contributed by atoms with E-state index >= 15 is 0 Å². The summed E-state index contributed by atoms with van der Waals surface area (Å²) in [6.45, 7) is 4.38. The van der Waals surface area contributed by atoms with E-state index in [1.807, 2.05) is 59.0 Å². The Bertz CT molecular complexity index is 995. The van der Waals surface area contributed by atoms with Gasteiger partial charge in [0.1, 0.15) is 0 Å². The summed E-state index contributed by atoms with van der Waals surface area (Å²) in [4.78, 5) is 19.2. The number of carbonyl (C=O) groups is 1. The highest BCUT2D eigenvalue weighted by Gasteiger charge is 2.23. The predicted octanol–water partition coefficient (Wildman–Crippen LogP) is 3.37. The Kier molecular flexibility index (Phi) is 4.76. The van der Waals surface area contributed by atoms with Crippen LogP contribution in [0.15, 0.2) is 42.9 Å². The summed E-state index contributed by atoms with van der Waals surface area (Å²) in [7, 11) is 1.96. The third-order valence-corrected chi connectivity index (χ3v) is 5.15. The lowest BCUT2D eigenvalue weighted by atomic mass is 10.1. The number of aryl methyl sites for hydroxylation is 1. The standard InChI is InChI=1S/C20H21ClN4O2/c1-14-13-25(23(2)16-5-3-4-15(21)10-16)18-12-22-11-17(19(14)18)20(26)24-6-8-27-9-7-24/h3-5,10-13H,6-9H2,1-2H3. The molecule has 7 heteroatoms. The number of benzene rings is 1. The SMILES string of the molecule is Cc1cn(N(C)c2cccc(Cl)c2)c2cncc(C(=O)N3CCOCC3)c12. The largest absolute Gasteiger partial charge is 0.378 e. The molecule has 3 heterocycles. The summed E-state index contributed by atoms with van der Waals surface area (Å²) in [6.07, 6.45) is 5.47. The second kappa shape index (κ2) is 7.21. The van der Waals surface area contributed by atoms with Crippen molar-refractivity contribution in [2.45, 2.75) is 6.92 Å². The molecule has 0 bridgehead atoms. The van der Waals surface area contributed by atoms with E-state index in [4.69, 9.17) is 16.3 Å². The van der Waals surface area contributed by atoms with Crippen LogP contribution in [0.4, 0.5) is 5.69 Å². The van der Waals surface area contributed by atoms with Crippen LogP contribution >= 0.6 is 11.6 Å². The molecule has 2 aromatic heterocycles. The fourth-order valence-corrected chi connectivity index (χ4v) is 3.69. The lowest BCUT2D eigenvalue weighted by Crippen LogP contribution is -2.40. The fraction of sp³-hybridized carbons (Fsp3) is 0.300. The number of amides is 1. The van der Waals surface area contributed by atoms with Crippen molar-refractivity contribution in [2.75, 3.05) is 38.4 Å². The quantitative estimate of drug-likeness (QED) is 0.694. The summed E-state index contributed by atoms with van der Waals surface area (Å²) in [6, 6.07) is 7.65. The second-order valence-corrected chi connectivity index (χ2v) is 7.08. The molecule has 3 aromatic rings. The van der Waals surface area contributed by atoms with Gasteiger partial charge in [-0.25, -0.2) is 0 Å². The molecule has 1 amide bonds. The van der Waals surface area contributed by atoms with E-state index in [2.05, 4.69) is 4.98 Å². The van der Waals surface area contributed by atoms with Crippen molar-refractivity contribution < 1.29 is 9.53 Å². The Balaban J connectivity index is 1.78. The van der Waals surface area contributed by atoms with E-state index < -0.39 is 0 Å². The third-order valence-electron chi connectivity index (χ3n) is 4.92. The zero-order valence-corrected chi connectivity index (χ0v) is 16.1. The van der Waals surface area contributed by atoms with Crippen LogP contribution in [-0.4, -0.2) is 53.8 Å². The maximum Gasteiger partial charge on any atom is 0.256 e. The Hall–Kier alpha value is -2.57. The van der Waals surface area contributed by atoms with Gasteiger partial charge in [0.15, 0.2) is 0 Å². The highest BCUT2D eigenvalue weighted by molar-refractivity contribution is 6.30. The summed E-state index contributed by atoms with van der Waals surface area (Å²) in [5, 5.41) is 3.59. The molecule has 140 valence electrons. The molecule has 1 aromatic carbocycles. The minimum absolute atomic E-state index is 0.00246. The van der Waals surface area contributed by atoms with Gasteiger partial charge in [0.2, 0.25) is 0 Å². The first kappa shape index (κ1) is 17.8. The van der Waals surface area contributed by atoms with Gasteiger partial charge in [-0.2, -0.15) is 0 Å². The van der Waals surface area contributed by atoms with Crippen LogP contribution in [0, 0.1) is 6.92 Å². The normalized spacial score (nSPS) is 14.6. The number of fused-ring (bicyclic) bond motifs is 1. The highest BCUT2D eigenvalue weighted by atomic mass is 35.5. The van der Waals surface area contributed by atoms with Gasteiger partial charge in [0.25, 0.3) is 5.91 Å². The first-order valence-electron chi connectivity index (χ1n) is 8.88. The lowest BCUT2D eigenvalue weighted by Gasteiger charge is -2.27. The molecule has 0 atom stereocenters. The average molecular weight is 385 g/mol. The van der Waals surface area contributed by atoms with Crippen molar-refractivity contribution in [2.24, 2.45) is 0 Å². The summed E-state index contributed by atoms with van der Waals surface area (Å²) >= 11 is 6.14. The molecule has 0 N–H and O–H groups in total. The van der Waals surface area contributed by atoms with Gasteiger partial charge in [-0.15, -0.1) is 0 Å². The third kappa shape index (κ3) is 3.26. The number of aromatic nitrogens is 2. The number of rotatable bonds is 3. The maximum atomic E-state index is 13.0. The minimum atomic E-state index is 0.00246. The van der Waals surface area contributed by atoms with Gasteiger partial charge in [-0.1, -0.05) is 17.7 Å². The monoisotopic (exact) mass is 384 g/mol.